The summed E-state index contributed by atoms with van der Waals surface area (Å²) in [7, 11) is 0. The smallest absolute Gasteiger partial charge is 0.278 e. The number of hydrogen-bond donors (Lipinski definition) is 0. The molecule has 5 rings (SSSR count). The van der Waals surface area contributed by atoms with E-state index in [9.17, 15) is 4.79 Å². The lowest BCUT2D eigenvalue weighted by Gasteiger charge is -2.24. The molecule has 0 N–H and O–H groups in total. The summed E-state index contributed by atoms with van der Waals surface area (Å²) in [4.78, 5) is 19.7. The molecule has 0 saturated heterocycles. The molecule has 1 aliphatic heterocycles. The van der Waals surface area contributed by atoms with Crippen molar-refractivity contribution in [2.24, 2.45) is 0 Å². The SMILES string of the molecule is O=C(c1csc(-c2ccco2)n1)N(CC=Cc1ccccc1)c1ccc2c(c1)OCCO2. The van der Waals surface area contributed by atoms with Crippen LogP contribution < -0.4 is 14.4 Å². The zero-order chi connectivity index (χ0) is 21.8. The van der Waals surface area contributed by atoms with Crippen LogP contribution in [0.3, 0.4) is 0 Å². The lowest BCUT2D eigenvalue weighted by molar-refractivity contribution is 0.0985. The topological polar surface area (TPSA) is 64.8 Å². The van der Waals surface area contributed by atoms with Crippen LogP contribution in [-0.4, -0.2) is 30.6 Å². The van der Waals surface area contributed by atoms with Crippen LogP contribution in [0.2, 0.25) is 0 Å². The Morgan fingerprint density at radius 3 is 2.69 bits per heavy atom. The molecule has 0 fully saturated rings. The number of benzene rings is 2. The number of fused-ring (bicyclic) bond motifs is 1. The zero-order valence-electron chi connectivity index (χ0n) is 17.1. The fourth-order valence-corrected chi connectivity index (χ4v) is 4.15. The van der Waals surface area contributed by atoms with E-state index >= 15 is 0 Å². The third-order valence-electron chi connectivity index (χ3n) is 4.94. The number of ether oxygens (including phenoxy) is 2. The summed E-state index contributed by atoms with van der Waals surface area (Å²) in [5.41, 5.74) is 2.14. The van der Waals surface area contributed by atoms with Gasteiger partial charge in [0.1, 0.15) is 18.9 Å². The number of aromatic nitrogens is 1. The molecule has 2 aromatic heterocycles. The summed E-state index contributed by atoms with van der Waals surface area (Å²) in [5.74, 6) is 1.76. The van der Waals surface area contributed by atoms with Crippen molar-refractivity contribution in [2.45, 2.75) is 0 Å². The first-order valence-electron chi connectivity index (χ1n) is 10.2. The van der Waals surface area contributed by atoms with Crippen molar-refractivity contribution in [3.8, 4) is 22.3 Å². The van der Waals surface area contributed by atoms with Gasteiger partial charge >= 0.3 is 0 Å². The average Bonchev–Trinajstić information content (AvgIpc) is 3.54. The zero-order valence-corrected chi connectivity index (χ0v) is 18.0. The maximum Gasteiger partial charge on any atom is 0.278 e. The van der Waals surface area contributed by atoms with Gasteiger partial charge in [-0.15, -0.1) is 11.3 Å². The second-order valence-electron chi connectivity index (χ2n) is 7.07. The fourth-order valence-electron chi connectivity index (χ4n) is 3.39. The van der Waals surface area contributed by atoms with E-state index in [0.29, 0.717) is 53.4 Å². The molecule has 0 saturated carbocycles. The summed E-state index contributed by atoms with van der Waals surface area (Å²) in [6.45, 7) is 1.38. The summed E-state index contributed by atoms with van der Waals surface area (Å²) >= 11 is 1.38. The van der Waals surface area contributed by atoms with E-state index in [2.05, 4.69) is 4.98 Å². The van der Waals surface area contributed by atoms with E-state index in [-0.39, 0.29) is 5.91 Å². The fraction of sp³-hybridized carbons (Fsp3) is 0.120. The molecule has 0 aliphatic carbocycles. The standard InChI is InChI=1S/C25H20N2O4S/c28-25(20-17-32-24(26-20)22-9-5-13-29-22)27(12-4-8-18-6-2-1-3-7-18)19-10-11-21-23(16-19)31-15-14-30-21/h1-11,13,16-17H,12,14-15H2. The van der Waals surface area contributed by atoms with Gasteiger partial charge in [-0.1, -0.05) is 42.5 Å². The van der Waals surface area contributed by atoms with Crippen LogP contribution in [0.25, 0.3) is 16.8 Å². The lowest BCUT2D eigenvalue weighted by atomic mass is 10.2. The molecular formula is C25H20N2O4S. The summed E-state index contributed by atoms with van der Waals surface area (Å²) in [6.07, 6.45) is 5.55. The van der Waals surface area contributed by atoms with Gasteiger partial charge in [-0.25, -0.2) is 4.98 Å². The number of anilines is 1. The van der Waals surface area contributed by atoms with Crippen LogP contribution in [0.1, 0.15) is 16.1 Å². The molecular weight excluding hydrogens is 424 g/mol. The van der Waals surface area contributed by atoms with Gasteiger partial charge in [-0.3, -0.25) is 4.79 Å². The van der Waals surface area contributed by atoms with E-state index < -0.39 is 0 Å². The van der Waals surface area contributed by atoms with Gasteiger partial charge < -0.3 is 18.8 Å². The summed E-state index contributed by atoms with van der Waals surface area (Å²) < 4.78 is 16.8. The minimum Gasteiger partial charge on any atom is -0.486 e. The van der Waals surface area contributed by atoms with Gasteiger partial charge in [-0.2, -0.15) is 0 Å². The molecule has 0 spiro atoms. The van der Waals surface area contributed by atoms with E-state index in [1.165, 1.54) is 11.3 Å². The third kappa shape index (κ3) is 4.29. The molecule has 1 amide bonds. The molecule has 0 bridgehead atoms. The highest BCUT2D eigenvalue weighted by molar-refractivity contribution is 7.13. The molecule has 0 unspecified atom stereocenters. The molecule has 6 nitrogen and oxygen atoms in total. The first kappa shape index (κ1) is 20.1. The van der Waals surface area contributed by atoms with Crippen LogP contribution in [-0.2, 0) is 0 Å². The Morgan fingerprint density at radius 2 is 1.88 bits per heavy atom. The van der Waals surface area contributed by atoms with Crippen LogP contribution in [0.15, 0.2) is 82.8 Å². The Hall–Kier alpha value is -3.84. The molecule has 4 aromatic rings. The normalized spacial score (nSPS) is 12.8. The number of thiazole rings is 1. The number of rotatable bonds is 6. The third-order valence-corrected chi connectivity index (χ3v) is 5.79. The summed E-state index contributed by atoms with van der Waals surface area (Å²) in [6, 6.07) is 19.1. The van der Waals surface area contributed by atoms with Crippen molar-refractivity contribution in [1.29, 1.82) is 0 Å². The van der Waals surface area contributed by atoms with E-state index in [1.54, 1.807) is 22.6 Å². The molecule has 0 radical (unpaired) electrons. The Labute approximate surface area is 189 Å². The van der Waals surface area contributed by atoms with Crippen molar-refractivity contribution < 1.29 is 18.7 Å². The number of carbonyl (C=O) groups is 1. The maximum absolute atomic E-state index is 13.5. The number of hydrogen-bond acceptors (Lipinski definition) is 6. The van der Waals surface area contributed by atoms with E-state index in [4.69, 9.17) is 13.9 Å². The van der Waals surface area contributed by atoms with Gasteiger partial charge in [0.2, 0.25) is 0 Å². The first-order chi connectivity index (χ1) is 15.8. The van der Waals surface area contributed by atoms with Gasteiger partial charge in [0, 0.05) is 23.7 Å². The first-order valence-corrected chi connectivity index (χ1v) is 11.1. The largest absolute Gasteiger partial charge is 0.486 e. The van der Waals surface area contributed by atoms with Crippen LogP contribution in [0.5, 0.6) is 11.5 Å². The quantitative estimate of drug-likeness (QED) is 0.391. The highest BCUT2D eigenvalue weighted by atomic mass is 32.1. The molecule has 160 valence electrons. The number of nitrogens with zero attached hydrogens (tertiary/aromatic N) is 2. The van der Waals surface area contributed by atoms with E-state index in [1.807, 2.05) is 66.7 Å². The van der Waals surface area contributed by atoms with Crippen LogP contribution >= 0.6 is 11.3 Å². The van der Waals surface area contributed by atoms with Crippen molar-refractivity contribution in [3.63, 3.8) is 0 Å². The van der Waals surface area contributed by atoms with Gasteiger partial charge in [0.25, 0.3) is 5.91 Å². The predicted molar refractivity (Wildman–Crippen MR) is 124 cm³/mol. The Bertz CT molecular complexity index is 1230. The molecule has 0 atom stereocenters. The van der Waals surface area contributed by atoms with Crippen molar-refractivity contribution >= 4 is 29.0 Å². The number of furan rings is 1. The highest BCUT2D eigenvalue weighted by Crippen LogP contribution is 2.35. The van der Waals surface area contributed by atoms with Crippen LogP contribution in [0.4, 0.5) is 5.69 Å². The second-order valence-corrected chi connectivity index (χ2v) is 7.93. The minimum atomic E-state index is -0.201. The van der Waals surface area contributed by atoms with Crippen molar-refractivity contribution in [3.05, 3.63) is 89.6 Å². The Balaban J connectivity index is 1.45. The average molecular weight is 445 g/mol. The second kappa shape index (κ2) is 9.11. The molecule has 32 heavy (non-hydrogen) atoms. The van der Waals surface area contributed by atoms with Gasteiger partial charge in [0.05, 0.1) is 6.26 Å². The highest BCUT2D eigenvalue weighted by Gasteiger charge is 2.23. The molecule has 2 aromatic carbocycles. The maximum atomic E-state index is 13.5. The molecule has 7 heteroatoms. The van der Waals surface area contributed by atoms with Gasteiger partial charge in [-0.05, 0) is 29.8 Å². The summed E-state index contributed by atoms with van der Waals surface area (Å²) in [5, 5.41) is 2.42. The van der Waals surface area contributed by atoms with Crippen molar-refractivity contribution in [2.75, 3.05) is 24.7 Å². The Kier molecular flexibility index (Phi) is 5.72. The lowest BCUT2D eigenvalue weighted by Crippen LogP contribution is -2.31. The van der Waals surface area contributed by atoms with Crippen molar-refractivity contribution in [1.82, 2.24) is 4.98 Å². The molecule has 1 aliphatic rings. The predicted octanol–water partition coefficient (Wildman–Crippen LogP) is 5.53. The van der Waals surface area contributed by atoms with Gasteiger partial charge in [0.15, 0.2) is 22.3 Å². The Morgan fingerprint density at radius 1 is 1.03 bits per heavy atom. The van der Waals surface area contributed by atoms with Crippen LogP contribution in [0, 0.1) is 0 Å². The monoisotopic (exact) mass is 444 g/mol. The number of carbonyl (C=O) groups excluding carboxylic acids is 1. The minimum absolute atomic E-state index is 0.201. The molecule has 3 heterocycles. The van der Waals surface area contributed by atoms with E-state index in [0.717, 1.165) is 5.56 Å². The number of amides is 1.